The fraction of sp³-hybridized carbons (Fsp3) is 0.273. The second-order valence-electron chi connectivity index (χ2n) is 3.08. The Labute approximate surface area is 92.8 Å². The molecule has 1 N–H and O–H groups in total. The molecule has 1 atom stereocenters. The number of aliphatic carboxylic acids is 1. The predicted molar refractivity (Wildman–Crippen MR) is 55.4 cm³/mol. The number of nitriles is 1. The molecule has 1 aromatic carbocycles. The predicted octanol–water partition coefficient (Wildman–Crippen LogP) is 1.42. The lowest BCUT2D eigenvalue weighted by Crippen LogP contribution is -2.23. The third kappa shape index (κ3) is 2.64. The summed E-state index contributed by atoms with van der Waals surface area (Å²) in [4.78, 5) is 10.6. The monoisotopic (exact) mass is 221 g/mol. The van der Waals surface area contributed by atoms with E-state index in [1.165, 1.54) is 32.2 Å². The quantitative estimate of drug-likeness (QED) is 0.831. The molecule has 0 aliphatic rings. The number of rotatable bonds is 4. The zero-order valence-corrected chi connectivity index (χ0v) is 8.93. The molecule has 0 radical (unpaired) electrons. The maximum atomic E-state index is 10.6. The van der Waals surface area contributed by atoms with E-state index in [0.717, 1.165) is 0 Å². The van der Waals surface area contributed by atoms with Crippen LogP contribution in [0.4, 0.5) is 0 Å². The van der Waals surface area contributed by atoms with Gasteiger partial charge in [-0.2, -0.15) is 5.26 Å². The van der Waals surface area contributed by atoms with Crippen molar-refractivity contribution in [1.29, 1.82) is 5.26 Å². The number of hydrogen-bond acceptors (Lipinski definition) is 4. The summed E-state index contributed by atoms with van der Waals surface area (Å²) in [6.07, 6.45) is -0.971. The molecule has 0 amide bonds. The molecule has 1 unspecified atom stereocenters. The van der Waals surface area contributed by atoms with Crippen molar-refractivity contribution in [3.8, 4) is 17.6 Å². The minimum Gasteiger partial charge on any atom is -0.493 e. The number of ether oxygens (including phenoxy) is 2. The summed E-state index contributed by atoms with van der Waals surface area (Å²) in [5.74, 6) is -0.421. The van der Waals surface area contributed by atoms with Crippen molar-refractivity contribution in [3.63, 3.8) is 0 Å². The Bertz CT molecular complexity index is 436. The molecular formula is C11H11NO4. The van der Waals surface area contributed by atoms with Crippen LogP contribution in [0.15, 0.2) is 18.2 Å². The van der Waals surface area contributed by atoms with E-state index in [1.807, 2.05) is 6.07 Å². The van der Waals surface area contributed by atoms with Gasteiger partial charge >= 0.3 is 5.97 Å². The van der Waals surface area contributed by atoms with Gasteiger partial charge in [0.05, 0.1) is 18.7 Å². The summed E-state index contributed by atoms with van der Waals surface area (Å²) in [5.41, 5.74) is 0.423. The van der Waals surface area contributed by atoms with Crippen LogP contribution in [0.3, 0.4) is 0 Å². The third-order valence-corrected chi connectivity index (χ3v) is 1.94. The molecule has 5 nitrogen and oxygen atoms in total. The van der Waals surface area contributed by atoms with Gasteiger partial charge in [0.25, 0.3) is 0 Å². The Balaban J connectivity index is 2.97. The van der Waals surface area contributed by atoms with E-state index in [1.54, 1.807) is 0 Å². The van der Waals surface area contributed by atoms with Crippen LogP contribution in [0.25, 0.3) is 0 Å². The molecule has 1 rings (SSSR count). The highest BCUT2D eigenvalue weighted by atomic mass is 16.5. The Kier molecular flexibility index (Phi) is 3.72. The molecule has 0 spiro atoms. The molecular weight excluding hydrogens is 210 g/mol. The SMILES string of the molecule is COc1cc(C#N)ccc1OC(C)C(=O)O. The van der Waals surface area contributed by atoms with Crippen LogP contribution in [0.1, 0.15) is 12.5 Å². The van der Waals surface area contributed by atoms with Crippen molar-refractivity contribution in [3.05, 3.63) is 23.8 Å². The minimum atomic E-state index is -1.06. The van der Waals surface area contributed by atoms with Gasteiger partial charge in [0.15, 0.2) is 17.6 Å². The Hall–Kier alpha value is -2.22. The number of carboxylic acids is 1. The van der Waals surface area contributed by atoms with E-state index in [2.05, 4.69) is 0 Å². The third-order valence-electron chi connectivity index (χ3n) is 1.94. The Morgan fingerprint density at radius 2 is 2.19 bits per heavy atom. The molecule has 16 heavy (non-hydrogen) atoms. The van der Waals surface area contributed by atoms with Crippen LogP contribution in [-0.4, -0.2) is 24.3 Å². The number of nitrogens with zero attached hydrogens (tertiary/aromatic N) is 1. The van der Waals surface area contributed by atoms with Crippen molar-refractivity contribution in [2.75, 3.05) is 7.11 Å². The fourth-order valence-corrected chi connectivity index (χ4v) is 1.08. The van der Waals surface area contributed by atoms with Crippen molar-refractivity contribution in [2.45, 2.75) is 13.0 Å². The lowest BCUT2D eigenvalue weighted by molar-refractivity contribution is -0.144. The van der Waals surface area contributed by atoms with Gasteiger partial charge < -0.3 is 14.6 Å². The molecule has 0 fully saturated rings. The van der Waals surface area contributed by atoms with Gasteiger partial charge in [0.2, 0.25) is 0 Å². The van der Waals surface area contributed by atoms with Gasteiger partial charge in [-0.05, 0) is 19.1 Å². The molecule has 0 saturated carbocycles. The van der Waals surface area contributed by atoms with Crippen molar-refractivity contribution < 1.29 is 19.4 Å². The summed E-state index contributed by atoms with van der Waals surface area (Å²) >= 11 is 0. The smallest absolute Gasteiger partial charge is 0.344 e. The van der Waals surface area contributed by atoms with Crippen LogP contribution in [0.5, 0.6) is 11.5 Å². The molecule has 0 heterocycles. The van der Waals surface area contributed by atoms with Crippen molar-refractivity contribution in [2.24, 2.45) is 0 Å². The van der Waals surface area contributed by atoms with Crippen LogP contribution in [0, 0.1) is 11.3 Å². The molecule has 0 aliphatic carbocycles. The van der Waals surface area contributed by atoms with E-state index in [4.69, 9.17) is 19.8 Å². The number of methoxy groups -OCH3 is 1. The molecule has 84 valence electrons. The van der Waals surface area contributed by atoms with Crippen LogP contribution < -0.4 is 9.47 Å². The Morgan fingerprint density at radius 3 is 2.69 bits per heavy atom. The minimum absolute atomic E-state index is 0.302. The number of carbonyl (C=O) groups is 1. The van der Waals surface area contributed by atoms with Gasteiger partial charge in [0, 0.05) is 6.07 Å². The van der Waals surface area contributed by atoms with Gasteiger partial charge in [0.1, 0.15) is 0 Å². The van der Waals surface area contributed by atoms with E-state index in [-0.39, 0.29) is 0 Å². The number of benzene rings is 1. The molecule has 0 aliphatic heterocycles. The fourth-order valence-electron chi connectivity index (χ4n) is 1.08. The topological polar surface area (TPSA) is 79.5 Å². The molecule has 1 aromatic rings. The highest BCUT2D eigenvalue weighted by Crippen LogP contribution is 2.28. The standard InChI is InChI=1S/C11H11NO4/c1-7(11(13)14)16-9-4-3-8(6-12)5-10(9)15-2/h3-5,7H,1-2H3,(H,13,14). The Morgan fingerprint density at radius 1 is 1.50 bits per heavy atom. The highest BCUT2D eigenvalue weighted by molar-refractivity contribution is 5.72. The average molecular weight is 221 g/mol. The highest BCUT2D eigenvalue weighted by Gasteiger charge is 2.15. The summed E-state index contributed by atoms with van der Waals surface area (Å²) in [5, 5.41) is 17.4. The molecule has 5 heteroatoms. The van der Waals surface area contributed by atoms with E-state index < -0.39 is 12.1 Å². The van der Waals surface area contributed by atoms with Crippen molar-refractivity contribution in [1.82, 2.24) is 0 Å². The number of hydrogen-bond donors (Lipinski definition) is 1. The van der Waals surface area contributed by atoms with Gasteiger partial charge in [-0.25, -0.2) is 4.79 Å². The van der Waals surface area contributed by atoms with Gasteiger partial charge in [-0.15, -0.1) is 0 Å². The first-order valence-electron chi connectivity index (χ1n) is 4.56. The normalized spacial score (nSPS) is 11.3. The molecule has 0 saturated heterocycles. The zero-order chi connectivity index (χ0) is 12.1. The maximum Gasteiger partial charge on any atom is 0.344 e. The number of carboxylic acid groups (broad SMARTS) is 1. The summed E-state index contributed by atoms with van der Waals surface area (Å²) in [6, 6.07) is 6.49. The summed E-state index contributed by atoms with van der Waals surface area (Å²) in [7, 11) is 1.43. The first-order chi connectivity index (χ1) is 7.58. The van der Waals surface area contributed by atoms with Gasteiger partial charge in [-0.3, -0.25) is 0 Å². The lowest BCUT2D eigenvalue weighted by Gasteiger charge is -2.13. The van der Waals surface area contributed by atoms with Crippen LogP contribution in [0.2, 0.25) is 0 Å². The summed E-state index contributed by atoms with van der Waals surface area (Å²) in [6.45, 7) is 1.42. The van der Waals surface area contributed by atoms with E-state index in [9.17, 15) is 4.79 Å². The van der Waals surface area contributed by atoms with Crippen LogP contribution >= 0.6 is 0 Å². The first kappa shape index (κ1) is 11.9. The van der Waals surface area contributed by atoms with E-state index in [0.29, 0.717) is 17.1 Å². The first-order valence-corrected chi connectivity index (χ1v) is 4.56. The average Bonchev–Trinajstić information content (AvgIpc) is 2.29. The summed E-state index contributed by atoms with van der Waals surface area (Å²) < 4.78 is 10.2. The molecule has 0 aromatic heterocycles. The second-order valence-corrected chi connectivity index (χ2v) is 3.08. The largest absolute Gasteiger partial charge is 0.493 e. The van der Waals surface area contributed by atoms with Crippen molar-refractivity contribution >= 4 is 5.97 Å². The van der Waals surface area contributed by atoms with E-state index >= 15 is 0 Å². The second kappa shape index (κ2) is 5.03. The lowest BCUT2D eigenvalue weighted by atomic mass is 10.2. The maximum absolute atomic E-state index is 10.6. The molecule has 0 bridgehead atoms. The zero-order valence-electron chi connectivity index (χ0n) is 8.93. The van der Waals surface area contributed by atoms with Crippen LogP contribution in [-0.2, 0) is 4.79 Å². The van der Waals surface area contributed by atoms with Gasteiger partial charge in [-0.1, -0.05) is 0 Å².